The van der Waals surface area contributed by atoms with E-state index >= 15 is 0 Å². The van der Waals surface area contributed by atoms with E-state index in [1.165, 1.54) is 20.3 Å². The molecule has 0 aliphatic rings. The van der Waals surface area contributed by atoms with Gasteiger partial charge in [-0.2, -0.15) is 0 Å². The third-order valence-electron chi connectivity index (χ3n) is 2.43. The van der Waals surface area contributed by atoms with Crippen molar-refractivity contribution in [3.63, 3.8) is 0 Å². The molecular formula is C14H17NO4. The van der Waals surface area contributed by atoms with Gasteiger partial charge in [-0.15, -0.1) is 0 Å². The van der Waals surface area contributed by atoms with Crippen molar-refractivity contribution < 1.29 is 19.1 Å². The van der Waals surface area contributed by atoms with Gasteiger partial charge in [-0.05, 0) is 18.6 Å². The number of carbonyl (C=O) groups is 2. The monoisotopic (exact) mass is 263 g/mol. The van der Waals surface area contributed by atoms with Crippen molar-refractivity contribution in [2.75, 3.05) is 19.5 Å². The number of carbonyl (C=O) groups excluding carboxylic acids is 2. The fourth-order valence-electron chi connectivity index (χ4n) is 1.46. The van der Waals surface area contributed by atoms with Crippen LogP contribution < -0.4 is 5.32 Å². The number of benzene rings is 1. The average Bonchev–Trinajstić information content (AvgIpc) is 2.46. The Bertz CT molecular complexity index is 442. The highest BCUT2D eigenvalue weighted by molar-refractivity contribution is 5.82. The number of rotatable bonds is 6. The lowest BCUT2D eigenvalue weighted by Crippen LogP contribution is -2.30. The maximum atomic E-state index is 11.6. The molecule has 5 nitrogen and oxygen atoms in total. The molecular weight excluding hydrogens is 246 g/mol. The van der Waals surface area contributed by atoms with Crippen molar-refractivity contribution in [3.8, 4) is 0 Å². The smallest absolute Gasteiger partial charge is 0.330 e. The molecule has 0 aromatic heterocycles. The van der Waals surface area contributed by atoms with Crippen molar-refractivity contribution in [2.24, 2.45) is 0 Å². The van der Waals surface area contributed by atoms with Gasteiger partial charge in [-0.1, -0.05) is 24.3 Å². The molecule has 0 amide bonds. The highest BCUT2D eigenvalue weighted by Crippen LogP contribution is 2.10. The van der Waals surface area contributed by atoms with E-state index in [4.69, 9.17) is 4.74 Å². The molecule has 5 heteroatoms. The van der Waals surface area contributed by atoms with Crippen LogP contribution in [0.15, 0.2) is 42.5 Å². The molecule has 1 atom stereocenters. The fraction of sp³-hybridized carbons (Fsp3) is 0.286. The Morgan fingerprint density at radius 1 is 1.21 bits per heavy atom. The van der Waals surface area contributed by atoms with E-state index in [9.17, 15) is 9.59 Å². The first-order chi connectivity index (χ1) is 9.17. The second-order valence-electron chi connectivity index (χ2n) is 3.75. The summed E-state index contributed by atoms with van der Waals surface area (Å²) in [4.78, 5) is 22.6. The Balaban J connectivity index is 2.65. The molecule has 102 valence electrons. The van der Waals surface area contributed by atoms with Gasteiger partial charge in [0.1, 0.15) is 6.04 Å². The lowest BCUT2D eigenvalue weighted by Gasteiger charge is -2.15. The van der Waals surface area contributed by atoms with Gasteiger partial charge in [0.25, 0.3) is 0 Å². The molecule has 1 unspecified atom stereocenters. The molecule has 0 saturated carbocycles. The van der Waals surface area contributed by atoms with E-state index in [0.717, 1.165) is 5.69 Å². The zero-order valence-electron chi connectivity index (χ0n) is 11.0. The minimum absolute atomic E-state index is 0.330. The molecule has 1 aromatic rings. The predicted molar refractivity (Wildman–Crippen MR) is 71.6 cm³/mol. The summed E-state index contributed by atoms with van der Waals surface area (Å²) in [5.41, 5.74) is 0.810. The van der Waals surface area contributed by atoms with Crippen LogP contribution in [-0.4, -0.2) is 32.2 Å². The number of ether oxygens (including phenoxy) is 2. The summed E-state index contributed by atoms with van der Waals surface area (Å²) in [6, 6.07) is 8.76. The lowest BCUT2D eigenvalue weighted by atomic mass is 10.2. The van der Waals surface area contributed by atoms with Gasteiger partial charge in [0.2, 0.25) is 0 Å². The minimum Gasteiger partial charge on any atom is -0.467 e. The van der Waals surface area contributed by atoms with Gasteiger partial charge < -0.3 is 14.8 Å². The largest absolute Gasteiger partial charge is 0.467 e. The third kappa shape index (κ3) is 5.25. The summed E-state index contributed by atoms with van der Waals surface area (Å²) in [7, 11) is 2.62. The van der Waals surface area contributed by atoms with Crippen molar-refractivity contribution in [2.45, 2.75) is 12.5 Å². The van der Waals surface area contributed by atoms with Gasteiger partial charge in [0, 0.05) is 11.8 Å². The first-order valence-electron chi connectivity index (χ1n) is 5.81. The van der Waals surface area contributed by atoms with Crippen LogP contribution in [0.5, 0.6) is 0 Å². The van der Waals surface area contributed by atoms with Crippen molar-refractivity contribution in [3.05, 3.63) is 42.5 Å². The summed E-state index contributed by atoms with van der Waals surface area (Å²) < 4.78 is 9.19. The zero-order chi connectivity index (χ0) is 14.1. The van der Waals surface area contributed by atoms with Gasteiger partial charge in [0.15, 0.2) is 0 Å². The second-order valence-corrected chi connectivity index (χ2v) is 3.75. The maximum absolute atomic E-state index is 11.6. The number of hydrogen-bond acceptors (Lipinski definition) is 5. The number of methoxy groups -OCH3 is 2. The minimum atomic E-state index is -0.548. The summed E-state index contributed by atoms with van der Waals surface area (Å²) in [6.07, 6.45) is 3.18. The molecule has 19 heavy (non-hydrogen) atoms. The fourth-order valence-corrected chi connectivity index (χ4v) is 1.46. The first-order valence-corrected chi connectivity index (χ1v) is 5.81. The molecule has 1 N–H and O–H groups in total. The highest BCUT2D eigenvalue weighted by Gasteiger charge is 2.17. The molecule has 1 rings (SSSR count). The zero-order valence-corrected chi connectivity index (χ0v) is 11.0. The second kappa shape index (κ2) is 7.92. The molecule has 1 aromatic carbocycles. The maximum Gasteiger partial charge on any atom is 0.330 e. The van der Waals surface area contributed by atoms with Crippen LogP contribution in [0.4, 0.5) is 5.69 Å². The molecule has 0 fully saturated rings. The number of esters is 2. The number of anilines is 1. The van der Waals surface area contributed by atoms with Gasteiger partial charge in [-0.25, -0.2) is 9.59 Å². The molecule has 0 aliphatic carbocycles. The van der Waals surface area contributed by atoms with Crippen molar-refractivity contribution in [1.29, 1.82) is 0 Å². The Labute approximate surface area is 112 Å². The molecule has 0 heterocycles. The van der Waals surface area contributed by atoms with E-state index in [1.54, 1.807) is 6.08 Å². The SMILES string of the molecule is COC(=O)/C=C/CC(Nc1ccccc1)C(=O)OC. The van der Waals surface area contributed by atoms with Crippen LogP contribution in [0.1, 0.15) is 6.42 Å². The van der Waals surface area contributed by atoms with Crippen LogP contribution in [0.25, 0.3) is 0 Å². The first kappa shape index (κ1) is 14.8. The summed E-state index contributed by atoms with van der Waals surface area (Å²) in [5.74, 6) is -0.846. The van der Waals surface area contributed by atoms with Crippen molar-refractivity contribution in [1.82, 2.24) is 0 Å². The van der Waals surface area contributed by atoms with Gasteiger partial charge >= 0.3 is 11.9 Å². The van der Waals surface area contributed by atoms with E-state index in [-0.39, 0.29) is 0 Å². The van der Waals surface area contributed by atoms with E-state index < -0.39 is 18.0 Å². The highest BCUT2D eigenvalue weighted by atomic mass is 16.5. The molecule has 0 spiro atoms. The van der Waals surface area contributed by atoms with Gasteiger partial charge in [-0.3, -0.25) is 0 Å². The van der Waals surface area contributed by atoms with Crippen LogP contribution in [0.2, 0.25) is 0 Å². The average molecular weight is 263 g/mol. The topological polar surface area (TPSA) is 64.6 Å². The summed E-state index contributed by atoms with van der Waals surface area (Å²) >= 11 is 0. The standard InChI is InChI=1S/C14H17NO4/c1-18-13(16)10-6-9-12(14(17)19-2)15-11-7-4-3-5-8-11/h3-8,10,12,15H,9H2,1-2H3/b10-6+. The summed E-state index contributed by atoms with van der Waals surface area (Å²) in [6.45, 7) is 0. The predicted octanol–water partition coefficient (Wildman–Crippen LogP) is 1.76. The van der Waals surface area contributed by atoms with E-state index in [0.29, 0.717) is 6.42 Å². The Morgan fingerprint density at radius 3 is 2.47 bits per heavy atom. The Hall–Kier alpha value is -2.30. The quantitative estimate of drug-likeness (QED) is 0.626. The Morgan fingerprint density at radius 2 is 1.89 bits per heavy atom. The van der Waals surface area contributed by atoms with Crippen LogP contribution in [0, 0.1) is 0 Å². The lowest BCUT2D eigenvalue weighted by molar-refractivity contribution is -0.141. The number of nitrogens with one attached hydrogen (secondary N) is 1. The van der Waals surface area contributed by atoms with Crippen molar-refractivity contribution >= 4 is 17.6 Å². The molecule has 0 bridgehead atoms. The van der Waals surface area contributed by atoms with Gasteiger partial charge in [0.05, 0.1) is 14.2 Å². The molecule has 0 saturated heterocycles. The Kier molecular flexibility index (Phi) is 6.15. The van der Waals surface area contributed by atoms with E-state index in [2.05, 4.69) is 10.1 Å². The van der Waals surface area contributed by atoms with Crippen LogP contribution >= 0.6 is 0 Å². The number of para-hydroxylation sites is 1. The third-order valence-corrected chi connectivity index (χ3v) is 2.43. The molecule has 0 radical (unpaired) electrons. The van der Waals surface area contributed by atoms with Crippen LogP contribution in [-0.2, 0) is 19.1 Å². The normalized spacial score (nSPS) is 11.9. The molecule has 0 aliphatic heterocycles. The van der Waals surface area contributed by atoms with E-state index in [1.807, 2.05) is 30.3 Å². The number of hydrogen-bond donors (Lipinski definition) is 1. The van der Waals surface area contributed by atoms with Crippen LogP contribution in [0.3, 0.4) is 0 Å². The summed E-state index contributed by atoms with van der Waals surface area (Å²) in [5, 5.41) is 3.04.